The van der Waals surface area contributed by atoms with Gasteiger partial charge in [0.05, 0.1) is 36.3 Å². The number of urea groups is 1. The lowest BCUT2D eigenvalue weighted by Gasteiger charge is -2.37. The Bertz CT molecular complexity index is 2660. The van der Waals surface area contributed by atoms with E-state index in [2.05, 4.69) is 84.0 Å². The van der Waals surface area contributed by atoms with Crippen LogP contribution in [-0.4, -0.2) is 148 Å². The zero-order valence-electron chi connectivity index (χ0n) is 42.4. The summed E-state index contributed by atoms with van der Waals surface area (Å²) in [5.41, 5.74) is 10.1. The highest BCUT2D eigenvalue weighted by molar-refractivity contribution is 5.96. The molecule has 6 bridgehead atoms. The van der Waals surface area contributed by atoms with Crippen LogP contribution in [0, 0.1) is 11.3 Å². The molecule has 8 rings (SSSR count). The number of hydrogen-bond donors (Lipinski definition) is 2. The summed E-state index contributed by atoms with van der Waals surface area (Å²) >= 11 is 0. The van der Waals surface area contributed by atoms with E-state index in [9.17, 15) is 24.0 Å². The van der Waals surface area contributed by atoms with Gasteiger partial charge in [-0.1, -0.05) is 64.6 Å². The summed E-state index contributed by atoms with van der Waals surface area (Å²) in [5.74, 6) is -1.77. The molecule has 2 aromatic heterocycles. The third-order valence-electron chi connectivity index (χ3n) is 15.0. The van der Waals surface area contributed by atoms with Crippen LogP contribution in [0.15, 0.2) is 73.4 Å². The van der Waals surface area contributed by atoms with Crippen LogP contribution in [0.1, 0.15) is 83.7 Å². The number of ether oxygens (including phenoxy) is 2. The van der Waals surface area contributed by atoms with E-state index in [1.807, 2.05) is 46.0 Å². The van der Waals surface area contributed by atoms with Crippen molar-refractivity contribution in [1.29, 1.82) is 0 Å². The smallest absolute Gasteiger partial charge is 0.324 e. The molecule has 1 spiro atoms. The number of carbonyl (C=O) groups excluding carboxylic acids is 5. The number of likely N-dealkylation sites (tertiary alicyclic amines) is 1. The molecule has 5 amide bonds. The number of pyridine rings is 1. The van der Waals surface area contributed by atoms with E-state index in [4.69, 9.17) is 14.5 Å². The molecule has 6 heterocycles. The van der Waals surface area contributed by atoms with E-state index in [1.165, 1.54) is 16.0 Å². The first-order chi connectivity index (χ1) is 33.4. The first-order valence-electron chi connectivity index (χ1n) is 24.8. The Balaban J connectivity index is 1.14. The van der Waals surface area contributed by atoms with E-state index in [0.29, 0.717) is 65.1 Å². The molecule has 0 aliphatic carbocycles. The fourth-order valence-corrected chi connectivity index (χ4v) is 11.2. The highest BCUT2D eigenvalue weighted by Crippen LogP contribution is 2.42. The number of cyclic esters (lactones) is 1. The van der Waals surface area contributed by atoms with E-state index < -0.39 is 46.9 Å². The van der Waals surface area contributed by atoms with Crippen LogP contribution >= 0.6 is 0 Å². The van der Waals surface area contributed by atoms with E-state index in [0.717, 1.165) is 50.1 Å². The molecule has 0 unspecified atom stereocenters. The molecule has 5 atom stereocenters. The second kappa shape index (κ2) is 20.3. The third kappa shape index (κ3) is 9.82. The van der Waals surface area contributed by atoms with E-state index >= 15 is 0 Å². The molecule has 4 aliphatic heterocycles. The maximum Gasteiger partial charge on any atom is 0.324 e. The topological polar surface area (TPSA) is 162 Å². The maximum atomic E-state index is 14.8. The number of nitrogens with one attached hydrogen (secondary N) is 2. The average molecular weight is 958 g/mol. The van der Waals surface area contributed by atoms with Gasteiger partial charge in [-0.15, -0.1) is 0 Å². The molecule has 2 aromatic carbocycles. The molecule has 70 heavy (non-hydrogen) atoms. The Kier molecular flexibility index (Phi) is 14.6. The highest BCUT2D eigenvalue weighted by Gasteiger charge is 2.50. The fourth-order valence-electron chi connectivity index (χ4n) is 11.2. The minimum absolute atomic E-state index is 0.135. The Morgan fingerprint density at radius 2 is 1.80 bits per heavy atom. The minimum atomic E-state index is -1.05. The number of fused-ring (bicyclic) bond motifs is 6. The average Bonchev–Trinajstić information content (AvgIpc) is 4.03. The van der Waals surface area contributed by atoms with Crippen molar-refractivity contribution in [1.82, 2.24) is 44.9 Å². The fraction of sp³-hybridized carbons (Fsp3) is 0.519. The Morgan fingerprint density at radius 3 is 2.53 bits per heavy atom. The zero-order chi connectivity index (χ0) is 50.2. The van der Waals surface area contributed by atoms with Crippen LogP contribution in [0.2, 0.25) is 0 Å². The number of benzene rings is 2. The summed E-state index contributed by atoms with van der Waals surface area (Å²) in [7, 11) is 5.29. The SMILES string of the molecule is C=CC(=O)N1CN(C)[C@]2(CCN(C(=O)N(C)[C@H](C(=O)N[C@H]3Cc4cccc(c4)-c4ccc5c(c4)c(c(-c4cccnc4[C@H](C)OC)n5CC)CC(C)(C)COC(=O)[C@@H]4CCCN(N4)C3=O)C(C)C)C2)C1. The summed E-state index contributed by atoms with van der Waals surface area (Å²) in [6.45, 7) is 18.7. The van der Waals surface area contributed by atoms with Crippen LogP contribution in [0.5, 0.6) is 0 Å². The zero-order valence-corrected chi connectivity index (χ0v) is 42.4. The quantitative estimate of drug-likeness (QED) is 0.146. The summed E-state index contributed by atoms with van der Waals surface area (Å²) < 4.78 is 14.3. The van der Waals surface area contributed by atoms with E-state index in [1.54, 1.807) is 30.2 Å². The van der Waals surface area contributed by atoms with Crippen molar-refractivity contribution in [3.8, 4) is 22.4 Å². The van der Waals surface area contributed by atoms with Crippen molar-refractivity contribution in [3.63, 3.8) is 0 Å². The van der Waals surface area contributed by atoms with Gasteiger partial charge in [-0.05, 0) is 105 Å². The molecule has 0 radical (unpaired) electrons. The van der Waals surface area contributed by atoms with Gasteiger partial charge in [0.25, 0.3) is 5.91 Å². The first-order valence-corrected chi connectivity index (χ1v) is 24.8. The second-order valence-corrected chi connectivity index (χ2v) is 20.9. The summed E-state index contributed by atoms with van der Waals surface area (Å²) in [5, 5.41) is 5.63. The number of hydrogen-bond acceptors (Lipinski definition) is 10. The minimum Gasteiger partial charge on any atom is -0.464 e. The number of hydrazine groups is 1. The van der Waals surface area contributed by atoms with Crippen molar-refractivity contribution in [3.05, 3.63) is 90.3 Å². The number of likely N-dealkylation sites (N-methyl/N-ethyl adjacent to an activating group) is 2. The third-order valence-corrected chi connectivity index (χ3v) is 15.0. The summed E-state index contributed by atoms with van der Waals surface area (Å²) in [4.78, 5) is 82.3. The van der Waals surface area contributed by atoms with E-state index in [-0.39, 0.29) is 37.0 Å². The van der Waals surface area contributed by atoms with Gasteiger partial charge in [0.15, 0.2) is 0 Å². The first kappa shape index (κ1) is 50.3. The van der Waals surface area contributed by atoms with Crippen molar-refractivity contribution in [2.75, 3.05) is 60.7 Å². The number of nitrogens with zero attached hydrogens (tertiary/aromatic N) is 7. The molecule has 2 N–H and O–H groups in total. The number of aromatic nitrogens is 2. The monoisotopic (exact) mass is 958 g/mol. The second-order valence-electron chi connectivity index (χ2n) is 20.9. The molecule has 4 aromatic rings. The molecular weight excluding hydrogens is 887 g/mol. The predicted octanol–water partition coefficient (Wildman–Crippen LogP) is 6.18. The highest BCUT2D eigenvalue weighted by atomic mass is 16.5. The van der Waals surface area contributed by atoms with Crippen LogP contribution in [0.25, 0.3) is 33.3 Å². The lowest BCUT2D eigenvalue weighted by atomic mass is 9.84. The summed E-state index contributed by atoms with van der Waals surface area (Å²) in [6, 6.07) is 15.6. The van der Waals surface area contributed by atoms with Crippen molar-refractivity contribution in [2.45, 2.75) is 110 Å². The summed E-state index contributed by atoms with van der Waals surface area (Å²) in [6.07, 6.45) is 5.28. The molecule has 4 aliphatic rings. The molecular formula is C54H71N9O7. The van der Waals surface area contributed by atoms with Gasteiger partial charge in [0, 0.05) is 81.4 Å². The van der Waals surface area contributed by atoms with Crippen LogP contribution in [-0.2, 0) is 48.0 Å². The molecule has 3 saturated heterocycles. The molecule has 16 nitrogen and oxygen atoms in total. The van der Waals surface area contributed by atoms with Gasteiger partial charge in [0.1, 0.15) is 18.1 Å². The maximum absolute atomic E-state index is 14.8. The lowest BCUT2D eigenvalue weighted by molar-refractivity contribution is -0.155. The Labute approximate surface area is 412 Å². The van der Waals surface area contributed by atoms with Gasteiger partial charge in [-0.25, -0.2) is 10.2 Å². The van der Waals surface area contributed by atoms with Gasteiger partial charge in [-0.3, -0.25) is 34.1 Å². The predicted molar refractivity (Wildman–Crippen MR) is 269 cm³/mol. The standard InChI is InChI=1S/C54H71N9O7/c1-11-45(64)61-31-54(58(8)33-61)22-25-60(30-54)52(68)59(9)47(34(3)4)49(65)56-43-27-36-16-13-17-37(26-36)38-20-21-44-40(28-38)41(48(62(44)12-2)39-18-14-23-55-46(39)35(5)69-10)29-53(6,7)32-70-51(67)42-19-15-24-63(57-42)50(43)66/h11,13-14,16-18,20-21,23,26,28,34-35,42-43,47,57H,1,12,15,19,22,24-25,27,29-33H2,2-10H3,(H,56,65)/t35-,42-,43-,47-,54-/m0/s1. The number of rotatable bonds is 9. The number of methoxy groups -OCH3 is 1. The van der Waals surface area contributed by atoms with Crippen LogP contribution in [0.3, 0.4) is 0 Å². The van der Waals surface area contributed by atoms with Crippen molar-refractivity contribution < 1.29 is 33.4 Å². The van der Waals surface area contributed by atoms with Crippen LogP contribution < -0.4 is 10.7 Å². The van der Waals surface area contributed by atoms with Gasteiger partial charge < -0.3 is 34.1 Å². The van der Waals surface area contributed by atoms with Crippen molar-refractivity contribution >= 4 is 40.6 Å². The molecule has 3 fully saturated rings. The lowest BCUT2D eigenvalue weighted by Crippen LogP contribution is -2.62. The van der Waals surface area contributed by atoms with Crippen LogP contribution in [0.4, 0.5) is 4.79 Å². The number of amides is 5. The van der Waals surface area contributed by atoms with Gasteiger partial charge in [-0.2, -0.15) is 0 Å². The number of aryl methyl sites for hydroxylation is 1. The van der Waals surface area contributed by atoms with Gasteiger partial charge >= 0.3 is 12.0 Å². The normalized spacial score (nSPS) is 22.8. The molecule has 0 saturated carbocycles. The van der Waals surface area contributed by atoms with Crippen molar-refractivity contribution in [2.24, 2.45) is 11.3 Å². The molecule has 16 heteroatoms. The Morgan fingerprint density at radius 1 is 1.04 bits per heavy atom. The number of esters is 1. The number of carbonyl (C=O) groups is 5. The Hall–Kier alpha value is -6.10. The van der Waals surface area contributed by atoms with Gasteiger partial charge in [0.2, 0.25) is 11.8 Å². The molecule has 374 valence electrons. The largest absolute Gasteiger partial charge is 0.464 e.